The average molecular weight is 907 g/mol. The summed E-state index contributed by atoms with van der Waals surface area (Å²) in [6.45, 7) is 4.49. The minimum absolute atomic E-state index is 0.600. The van der Waals surface area contributed by atoms with Crippen LogP contribution in [-0.2, 0) is 0 Å². The predicted molar refractivity (Wildman–Crippen MR) is 297 cm³/mol. The van der Waals surface area contributed by atoms with Crippen molar-refractivity contribution >= 4 is 94.6 Å². The summed E-state index contributed by atoms with van der Waals surface area (Å²) in [5, 5.41) is 9.00. The van der Waals surface area contributed by atoms with Gasteiger partial charge in [-0.25, -0.2) is 9.97 Å². The van der Waals surface area contributed by atoms with E-state index >= 15 is 0 Å². The Morgan fingerprint density at radius 3 is 1.90 bits per heavy atom. The first-order valence-corrected chi connectivity index (χ1v) is 24.0. The van der Waals surface area contributed by atoms with Gasteiger partial charge in [-0.1, -0.05) is 183 Å². The van der Waals surface area contributed by atoms with Gasteiger partial charge in [-0.15, -0.1) is 0 Å². The number of aromatic nitrogens is 4. The second-order valence-corrected chi connectivity index (χ2v) is 18.2. The molecule has 4 heterocycles. The Balaban J connectivity index is 1.04. The lowest BCUT2D eigenvalue weighted by Crippen LogP contribution is -2.03. The summed E-state index contributed by atoms with van der Waals surface area (Å²) in [5.74, 6) is 0.600. The Morgan fingerprint density at radius 2 is 1.11 bits per heavy atom. The maximum absolute atomic E-state index is 6.74. The highest BCUT2D eigenvalue weighted by Gasteiger charge is 2.25. The molecule has 0 saturated heterocycles. The Kier molecular flexibility index (Phi) is 9.29. The number of para-hydroxylation sites is 2. The van der Waals surface area contributed by atoms with Crippen molar-refractivity contribution in [3.63, 3.8) is 0 Å². The number of hydrogen-bond acceptors (Lipinski definition) is 3. The number of benzene rings is 10. The quantitative estimate of drug-likeness (QED) is 0.153. The smallest absolute Gasteiger partial charge is 0.180 e. The number of rotatable bonds is 8. The monoisotopic (exact) mass is 906 g/mol. The van der Waals surface area contributed by atoms with E-state index in [9.17, 15) is 0 Å². The Morgan fingerprint density at radius 1 is 0.451 bits per heavy atom. The molecule has 14 aromatic rings. The van der Waals surface area contributed by atoms with E-state index in [1.807, 2.05) is 30.3 Å². The molecule has 0 radical (unpaired) electrons. The van der Waals surface area contributed by atoms with Crippen LogP contribution in [0, 0.1) is 0 Å². The summed E-state index contributed by atoms with van der Waals surface area (Å²) in [6.07, 6.45) is 6.52. The van der Waals surface area contributed by atoms with Gasteiger partial charge in [-0.3, -0.25) is 0 Å². The SMILES string of the molecule is C=Cc1c(/C=C\c2ccc3c(c2)c2ccccc2n3-c2ccccc2)n(-c2cc3ccccc3cc2-c2nc(-c3ccccc3)c3oc4ccc(-c5ccccc5)cc4c3n2)c2ccc3ccccc3c12. The molecule has 0 unspecified atom stereocenters. The molecule has 0 fully saturated rings. The highest BCUT2D eigenvalue weighted by Crippen LogP contribution is 2.43. The van der Waals surface area contributed by atoms with Crippen LogP contribution < -0.4 is 0 Å². The van der Waals surface area contributed by atoms with Crippen molar-refractivity contribution < 1.29 is 4.42 Å². The van der Waals surface area contributed by atoms with Gasteiger partial charge in [-0.05, 0) is 105 Å². The molecule has 0 N–H and O–H groups in total. The van der Waals surface area contributed by atoms with Gasteiger partial charge in [0.05, 0.1) is 27.9 Å². The second-order valence-electron chi connectivity index (χ2n) is 18.2. The number of nitrogens with zero attached hydrogens (tertiary/aromatic N) is 4. The Bertz CT molecular complexity index is 4460. The minimum Gasteiger partial charge on any atom is -0.452 e. The van der Waals surface area contributed by atoms with Crippen LogP contribution in [0.2, 0.25) is 0 Å². The van der Waals surface area contributed by atoms with Crippen LogP contribution >= 0.6 is 0 Å². The van der Waals surface area contributed by atoms with E-state index in [1.165, 1.54) is 16.3 Å². The summed E-state index contributed by atoms with van der Waals surface area (Å²) in [6, 6.07) is 79.4. The molecule has 5 nitrogen and oxygen atoms in total. The molecule has 0 aliphatic heterocycles. The van der Waals surface area contributed by atoms with E-state index in [0.29, 0.717) is 11.4 Å². The lowest BCUT2D eigenvalue weighted by Gasteiger charge is -2.17. The van der Waals surface area contributed by atoms with Gasteiger partial charge in [0.15, 0.2) is 11.4 Å². The highest BCUT2D eigenvalue weighted by molar-refractivity contribution is 6.15. The van der Waals surface area contributed by atoms with E-state index < -0.39 is 0 Å². The molecular formula is C66H42N4O. The first-order chi connectivity index (χ1) is 35.2. The van der Waals surface area contributed by atoms with Crippen molar-refractivity contribution in [1.82, 2.24) is 19.1 Å². The van der Waals surface area contributed by atoms with Gasteiger partial charge in [0.25, 0.3) is 0 Å². The second kappa shape index (κ2) is 16.3. The maximum Gasteiger partial charge on any atom is 0.180 e. The van der Waals surface area contributed by atoms with Crippen LogP contribution in [0.3, 0.4) is 0 Å². The zero-order valence-electron chi connectivity index (χ0n) is 38.5. The van der Waals surface area contributed by atoms with Crippen LogP contribution in [0.4, 0.5) is 0 Å². The summed E-state index contributed by atoms with van der Waals surface area (Å²) in [5.41, 5.74) is 15.6. The number of furan rings is 1. The molecule has 5 heteroatoms. The molecule has 4 aromatic heterocycles. The van der Waals surface area contributed by atoms with Crippen LogP contribution in [0.25, 0.3) is 140 Å². The van der Waals surface area contributed by atoms with E-state index in [2.05, 4.69) is 228 Å². The molecule has 14 rings (SSSR count). The highest BCUT2D eigenvalue weighted by atomic mass is 16.3. The molecule has 332 valence electrons. The van der Waals surface area contributed by atoms with E-state index in [-0.39, 0.29) is 0 Å². The van der Waals surface area contributed by atoms with Crippen molar-refractivity contribution in [1.29, 1.82) is 0 Å². The maximum atomic E-state index is 6.74. The van der Waals surface area contributed by atoms with E-state index in [1.54, 1.807) is 0 Å². The van der Waals surface area contributed by atoms with Gasteiger partial charge < -0.3 is 13.6 Å². The fourth-order valence-electron chi connectivity index (χ4n) is 10.8. The zero-order chi connectivity index (χ0) is 47.0. The van der Waals surface area contributed by atoms with Crippen molar-refractivity contribution in [2.45, 2.75) is 0 Å². The first kappa shape index (κ1) is 40.5. The van der Waals surface area contributed by atoms with Crippen molar-refractivity contribution in [2.75, 3.05) is 0 Å². The lowest BCUT2D eigenvalue weighted by molar-refractivity contribution is 0.667. The molecule has 10 aromatic carbocycles. The summed E-state index contributed by atoms with van der Waals surface area (Å²) in [7, 11) is 0. The fraction of sp³-hybridized carbons (Fsp3) is 0. The molecule has 71 heavy (non-hydrogen) atoms. The molecule has 0 aliphatic rings. The predicted octanol–water partition coefficient (Wildman–Crippen LogP) is 17.5. The lowest BCUT2D eigenvalue weighted by atomic mass is 10.0. The van der Waals surface area contributed by atoms with Crippen molar-refractivity contribution in [3.05, 3.63) is 248 Å². The number of fused-ring (bicyclic) bond motifs is 10. The molecule has 0 saturated carbocycles. The largest absolute Gasteiger partial charge is 0.452 e. The molecule has 0 amide bonds. The third-order valence-electron chi connectivity index (χ3n) is 14.1. The molecular weight excluding hydrogens is 865 g/mol. The van der Waals surface area contributed by atoms with Gasteiger partial charge >= 0.3 is 0 Å². The van der Waals surface area contributed by atoms with Gasteiger partial charge in [-0.2, -0.15) is 0 Å². The molecule has 0 spiro atoms. The summed E-state index contributed by atoms with van der Waals surface area (Å²) < 4.78 is 11.5. The average Bonchev–Trinajstić information content (AvgIpc) is 4.09. The Hall–Kier alpha value is -9.58. The van der Waals surface area contributed by atoms with Crippen LogP contribution in [0.1, 0.15) is 16.8 Å². The van der Waals surface area contributed by atoms with Crippen LogP contribution in [-0.4, -0.2) is 19.1 Å². The van der Waals surface area contributed by atoms with Gasteiger partial charge in [0.1, 0.15) is 16.8 Å². The normalized spacial score (nSPS) is 11.9. The number of hydrogen-bond donors (Lipinski definition) is 0. The Labute approximate surface area is 409 Å². The summed E-state index contributed by atoms with van der Waals surface area (Å²) in [4.78, 5) is 11.1. The standard InChI is InChI=1S/C66H42N4O/c1-2-50-57(34-30-42-31-35-58-53(38-42)52-28-16-17-29-56(52)69(58)49-25-10-5-11-26-49)70(59-36-32-44-20-14-15-27-51(44)62(50)59)60-41-47-24-13-12-23-46(47)39-54(60)66-67-63(45-21-8-4-9-22-45)65-64(68-66)55-40-48(33-37-61(55)71-65)43-18-6-3-7-19-43/h2-41H,1H2/b34-30-. The zero-order valence-corrected chi connectivity index (χ0v) is 38.5. The van der Waals surface area contributed by atoms with Gasteiger partial charge in [0, 0.05) is 43.9 Å². The molecule has 0 aliphatic carbocycles. The van der Waals surface area contributed by atoms with E-state index in [4.69, 9.17) is 14.4 Å². The summed E-state index contributed by atoms with van der Waals surface area (Å²) >= 11 is 0. The van der Waals surface area contributed by atoms with Crippen molar-refractivity contribution in [3.8, 4) is 45.1 Å². The topological polar surface area (TPSA) is 48.8 Å². The third kappa shape index (κ3) is 6.55. The van der Waals surface area contributed by atoms with E-state index in [0.717, 1.165) is 111 Å². The third-order valence-corrected chi connectivity index (χ3v) is 14.1. The minimum atomic E-state index is 0.600. The van der Waals surface area contributed by atoms with Crippen molar-refractivity contribution in [2.24, 2.45) is 0 Å². The van der Waals surface area contributed by atoms with Gasteiger partial charge in [0.2, 0.25) is 0 Å². The molecule has 0 atom stereocenters. The first-order valence-electron chi connectivity index (χ1n) is 24.0. The van der Waals surface area contributed by atoms with Crippen LogP contribution in [0.5, 0.6) is 0 Å². The molecule has 0 bridgehead atoms. The van der Waals surface area contributed by atoms with Crippen LogP contribution in [0.15, 0.2) is 235 Å². The fourth-order valence-corrected chi connectivity index (χ4v) is 10.8.